The molecule has 1 N–H and O–H groups in total. The fourth-order valence-electron chi connectivity index (χ4n) is 3.44. The first kappa shape index (κ1) is 19.2. The number of carbonyl (C=O) groups excluding carboxylic acids is 2. The van der Waals surface area contributed by atoms with Gasteiger partial charge in [0, 0.05) is 23.2 Å². The number of halogens is 1. The van der Waals surface area contributed by atoms with Crippen molar-refractivity contribution in [2.75, 3.05) is 12.4 Å². The molecule has 0 fully saturated rings. The van der Waals surface area contributed by atoms with E-state index in [2.05, 4.69) is 5.32 Å². The summed E-state index contributed by atoms with van der Waals surface area (Å²) in [5.41, 5.74) is 2.98. The number of nitrogens with zero attached hydrogens (tertiary/aromatic N) is 1. The number of hydrogen-bond acceptors (Lipinski definition) is 3. The van der Waals surface area contributed by atoms with Crippen LogP contribution in [0.4, 0.5) is 5.69 Å². The zero-order valence-electron chi connectivity index (χ0n) is 15.9. The first-order valence-electron chi connectivity index (χ1n) is 8.87. The summed E-state index contributed by atoms with van der Waals surface area (Å²) >= 11 is 6.14. The van der Waals surface area contributed by atoms with E-state index in [0.717, 1.165) is 11.1 Å². The zero-order chi connectivity index (χ0) is 19.7. The summed E-state index contributed by atoms with van der Waals surface area (Å²) in [5, 5.41) is 3.48. The van der Waals surface area contributed by atoms with Crippen LogP contribution in [0.2, 0.25) is 5.02 Å². The molecule has 0 spiro atoms. The van der Waals surface area contributed by atoms with Crippen LogP contribution in [-0.4, -0.2) is 29.9 Å². The molecule has 1 unspecified atom stereocenters. The Morgan fingerprint density at radius 3 is 2.59 bits per heavy atom. The average molecular weight is 387 g/mol. The lowest BCUT2D eigenvalue weighted by atomic mass is 10.0. The van der Waals surface area contributed by atoms with E-state index in [-0.39, 0.29) is 17.7 Å². The van der Waals surface area contributed by atoms with Gasteiger partial charge >= 0.3 is 0 Å². The monoisotopic (exact) mass is 386 g/mol. The van der Waals surface area contributed by atoms with Crippen molar-refractivity contribution in [3.05, 3.63) is 58.1 Å². The van der Waals surface area contributed by atoms with Crippen molar-refractivity contribution in [1.82, 2.24) is 4.90 Å². The van der Waals surface area contributed by atoms with Crippen LogP contribution in [0.5, 0.6) is 5.75 Å². The van der Waals surface area contributed by atoms with E-state index < -0.39 is 6.04 Å². The van der Waals surface area contributed by atoms with Gasteiger partial charge in [0.15, 0.2) is 0 Å². The third-order valence-corrected chi connectivity index (χ3v) is 5.23. The highest BCUT2D eigenvalue weighted by Gasteiger charge is 2.38. The van der Waals surface area contributed by atoms with Gasteiger partial charge < -0.3 is 15.0 Å². The first-order chi connectivity index (χ1) is 12.8. The van der Waals surface area contributed by atoms with E-state index in [4.69, 9.17) is 16.3 Å². The number of ether oxygens (including phenoxy) is 1. The standard InChI is InChI=1S/C21H23ClN2O3/c1-12(2)19(24-11-14-7-5-6-8-15(14)21(24)26)20(25)23-17-9-13(3)16(22)10-18(17)27-4/h5-10,12,19H,11H2,1-4H3,(H,23,25). The molecule has 0 bridgehead atoms. The molecule has 27 heavy (non-hydrogen) atoms. The predicted molar refractivity (Wildman–Crippen MR) is 106 cm³/mol. The summed E-state index contributed by atoms with van der Waals surface area (Å²) in [6, 6.07) is 10.3. The molecule has 0 radical (unpaired) electrons. The van der Waals surface area contributed by atoms with Crippen molar-refractivity contribution >= 4 is 29.1 Å². The van der Waals surface area contributed by atoms with Crippen molar-refractivity contribution in [3.63, 3.8) is 0 Å². The molecule has 5 nitrogen and oxygen atoms in total. The van der Waals surface area contributed by atoms with Gasteiger partial charge in [-0.2, -0.15) is 0 Å². The molecule has 0 saturated heterocycles. The first-order valence-corrected chi connectivity index (χ1v) is 9.25. The van der Waals surface area contributed by atoms with E-state index in [1.807, 2.05) is 39.0 Å². The van der Waals surface area contributed by atoms with Gasteiger partial charge in [0.2, 0.25) is 5.91 Å². The summed E-state index contributed by atoms with van der Waals surface area (Å²) in [7, 11) is 1.53. The highest BCUT2D eigenvalue weighted by Crippen LogP contribution is 2.32. The van der Waals surface area contributed by atoms with E-state index in [0.29, 0.717) is 28.6 Å². The van der Waals surface area contributed by atoms with E-state index in [1.165, 1.54) is 7.11 Å². The third kappa shape index (κ3) is 3.65. The van der Waals surface area contributed by atoms with E-state index in [9.17, 15) is 9.59 Å². The van der Waals surface area contributed by atoms with Gasteiger partial charge in [-0.25, -0.2) is 0 Å². The highest BCUT2D eigenvalue weighted by atomic mass is 35.5. The molecule has 0 aromatic heterocycles. The Kier molecular flexibility index (Phi) is 5.42. The van der Waals surface area contributed by atoms with Crippen molar-refractivity contribution in [2.45, 2.75) is 33.4 Å². The fourth-order valence-corrected chi connectivity index (χ4v) is 3.60. The van der Waals surface area contributed by atoms with Gasteiger partial charge in [0.25, 0.3) is 5.91 Å². The van der Waals surface area contributed by atoms with Crippen molar-refractivity contribution in [2.24, 2.45) is 5.92 Å². The number of carbonyl (C=O) groups is 2. The normalized spacial score (nSPS) is 14.3. The Morgan fingerprint density at radius 2 is 1.96 bits per heavy atom. The maximum atomic E-state index is 13.1. The molecule has 142 valence electrons. The Hall–Kier alpha value is -2.53. The predicted octanol–water partition coefficient (Wildman–Crippen LogP) is 4.28. The van der Waals surface area contributed by atoms with Crippen LogP contribution < -0.4 is 10.1 Å². The number of amides is 2. The quantitative estimate of drug-likeness (QED) is 0.834. The Labute approximate surface area is 164 Å². The molecule has 0 saturated carbocycles. The zero-order valence-corrected chi connectivity index (χ0v) is 16.6. The van der Waals surface area contributed by atoms with Gasteiger partial charge in [-0.3, -0.25) is 9.59 Å². The van der Waals surface area contributed by atoms with Crippen molar-refractivity contribution in [3.8, 4) is 5.75 Å². The molecule has 1 atom stereocenters. The SMILES string of the molecule is COc1cc(Cl)c(C)cc1NC(=O)C(C(C)C)N1Cc2ccccc2C1=O. The molecule has 2 aromatic rings. The van der Waals surface area contributed by atoms with Crippen LogP contribution in [0.15, 0.2) is 36.4 Å². The largest absolute Gasteiger partial charge is 0.495 e. The molecule has 2 amide bonds. The molecular formula is C21H23ClN2O3. The molecule has 3 rings (SSSR count). The van der Waals surface area contributed by atoms with E-state index in [1.54, 1.807) is 23.1 Å². The lowest BCUT2D eigenvalue weighted by Gasteiger charge is -2.30. The molecule has 2 aromatic carbocycles. The van der Waals surface area contributed by atoms with Crippen LogP contribution in [-0.2, 0) is 11.3 Å². The van der Waals surface area contributed by atoms with Crippen molar-refractivity contribution < 1.29 is 14.3 Å². The van der Waals surface area contributed by atoms with Crippen molar-refractivity contribution in [1.29, 1.82) is 0 Å². The van der Waals surface area contributed by atoms with Gasteiger partial charge in [0.1, 0.15) is 11.8 Å². The molecule has 1 aliphatic rings. The summed E-state index contributed by atoms with van der Waals surface area (Å²) in [6.45, 7) is 6.16. The van der Waals surface area contributed by atoms with Crippen LogP contribution in [0.25, 0.3) is 0 Å². The van der Waals surface area contributed by atoms with Gasteiger partial charge in [-0.1, -0.05) is 43.6 Å². The van der Waals surface area contributed by atoms with E-state index >= 15 is 0 Å². The Balaban J connectivity index is 1.88. The number of nitrogens with one attached hydrogen (secondary N) is 1. The van der Waals surface area contributed by atoms with Gasteiger partial charge in [0.05, 0.1) is 12.8 Å². The highest BCUT2D eigenvalue weighted by molar-refractivity contribution is 6.31. The molecule has 0 aliphatic carbocycles. The molecular weight excluding hydrogens is 364 g/mol. The van der Waals surface area contributed by atoms with Crippen LogP contribution in [0.1, 0.15) is 35.3 Å². The number of methoxy groups -OCH3 is 1. The maximum Gasteiger partial charge on any atom is 0.255 e. The number of fused-ring (bicyclic) bond motifs is 1. The Bertz CT molecular complexity index is 895. The number of aryl methyl sites for hydroxylation is 1. The summed E-state index contributed by atoms with van der Waals surface area (Å²) in [5.74, 6) is 0.0741. The number of rotatable bonds is 5. The second-order valence-electron chi connectivity index (χ2n) is 7.07. The second kappa shape index (κ2) is 7.61. The lowest BCUT2D eigenvalue weighted by molar-refractivity contribution is -0.122. The molecule has 1 aliphatic heterocycles. The minimum absolute atomic E-state index is 0.0531. The molecule has 6 heteroatoms. The lowest BCUT2D eigenvalue weighted by Crippen LogP contribution is -2.47. The number of hydrogen-bond donors (Lipinski definition) is 1. The topological polar surface area (TPSA) is 58.6 Å². The second-order valence-corrected chi connectivity index (χ2v) is 7.48. The summed E-state index contributed by atoms with van der Waals surface area (Å²) in [4.78, 5) is 27.6. The Morgan fingerprint density at radius 1 is 1.26 bits per heavy atom. The summed E-state index contributed by atoms with van der Waals surface area (Å²) < 4.78 is 5.34. The van der Waals surface area contributed by atoms with Crippen LogP contribution in [0.3, 0.4) is 0 Å². The van der Waals surface area contributed by atoms with Gasteiger partial charge in [-0.05, 0) is 36.1 Å². The number of benzene rings is 2. The maximum absolute atomic E-state index is 13.1. The number of anilines is 1. The third-order valence-electron chi connectivity index (χ3n) is 4.82. The molecule has 1 heterocycles. The summed E-state index contributed by atoms with van der Waals surface area (Å²) in [6.07, 6.45) is 0. The van der Waals surface area contributed by atoms with Crippen LogP contribution >= 0.6 is 11.6 Å². The van der Waals surface area contributed by atoms with Gasteiger partial charge in [-0.15, -0.1) is 0 Å². The minimum Gasteiger partial charge on any atom is -0.495 e. The smallest absolute Gasteiger partial charge is 0.255 e. The minimum atomic E-state index is -0.592. The van der Waals surface area contributed by atoms with Crippen LogP contribution in [0, 0.1) is 12.8 Å². The fraction of sp³-hybridized carbons (Fsp3) is 0.333. The average Bonchev–Trinajstić information content (AvgIpc) is 2.94.